The van der Waals surface area contributed by atoms with Crippen molar-refractivity contribution in [3.63, 3.8) is 0 Å². The van der Waals surface area contributed by atoms with Gasteiger partial charge in [0.1, 0.15) is 0 Å². The molecule has 0 unspecified atom stereocenters. The molecule has 0 amide bonds. The molecule has 0 atom stereocenters. The molecule has 0 spiro atoms. The third kappa shape index (κ3) is 4.69. The van der Waals surface area contributed by atoms with Crippen molar-refractivity contribution >= 4 is 53.9 Å². The molecule has 0 saturated carbocycles. The zero-order chi connectivity index (χ0) is 33.0. The first-order chi connectivity index (χ1) is 24.8. The molecule has 10 aromatic carbocycles. The van der Waals surface area contributed by atoms with Crippen LogP contribution < -0.4 is 0 Å². The first-order valence-electron chi connectivity index (χ1n) is 17.3. The van der Waals surface area contributed by atoms with Crippen LogP contribution in [0, 0.1) is 0 Å². The van der Waals surface area contributed by atoms with Gasteiger partial charge in [0.2, 0.25) is 0 Å². The topological polar surface area (TPSA) is 0 Å². The van der Waals surface area contributed by atoms with Crippen molar-refractivity contribution in [2.75, 3.05) is 0 Å². The minimum Gasteiger partial charge on any atom is -0.0622 e. The molecule has 0 bridgehead atoms. The number of hydrogen-bond acceptors (Lipinski definition) is 0. The number of hydrogen-bond donors (Lipinski definition) is 0. The molecular weight excluding hydrogens is 601 g/mol. The van der Waals surface area contributed by atoms with E-state index in [4.69, 9.17) is 0 Å². The van der Waals surface area contributed by atoms with Gasteiger partial charge in [0.25, 0.3) is 0 Å². The maximum atomic E-state index is 2.46. The fourth-order valence-corrected chi connectivity index (χ4v) is 7.95. The van der Waals surface area contributed by atoms with Gasteiger partial charge >= 0.3 is 0 Å². The summed E-state index contributed by atoms with van der Waals surface area (Å²) in [5.74, 6) is 0. The summed E-state index contributed by atoms with van der Waals surface area (Å²) in [6.07, 6.45) is 0. The quantitative estimate of drug-likeness (QED) is 0.169. The smallest absolute Gasteiger partial charge is 0.00923 e. The van der Waals surface area contributed by atoms with Crippen LogP contribution in [0.1, 0.15) is 0 Å². The average molecular weight is 633 g/mol. The SMILES string of the molecule is c1ccc(-c2ccc3c(c2)c(-c2ccc4ccccc4c2)cc2c4ccc(-c5ccccc5)cc4c(-c4cccc5ccccc45)cc32)cc1. The summed E-state index contributed by atoms with van der Waals surface area (Å²) in [6, 6.07) is 71.5. The molecule has 0 saturated heterocycles. The van der Waals surface area contributed by atoms with Crippen LogP contribution in [0.15, 0.2) is 194 Å². The van der Waals surface area contributed by atoms with Gasteiger partial charge in [-0.3, -0.25) is 0 Å². The van der Waals surface area contributed by atoms with Crippen LogP contribution in [0.4, 0.5) is 0 Å². The van der Waals surface area contributed by atoms with Gasteiger partial charge in [0.15, 0.2) is 0 Å². The predicted octanol–water partition coefficient (Wildman–Crippen LogP) is 14.1. The lowest BCUT2D eigenvalue weighted by atomic mass is 9.85. The molecule has 0 aliphatic carbocycles. The molecule has 0 heterocycles. The largest absolute Gasteiger partial charge is 0.0622 e. The minimum atomic E-state index is 1.22. The molecule has 0 aliphatic heterocycles. The Hall–Kier alpha value is -6.50. The van der Waals surface area contributed by atoms with E-state index in [1.165, 1.54) is 98.4 Å². The highest BCUT2D eigenvalue weighted by Gasteiger charge is 2.17. The van der Waals surface area contributed by atoms with Gasteiger partial charge in [-0.1, -0.05) is 164 Å². The van der Waals surface area contributed by atoms with Gasteiger partial charge < -0.3 is 0 Å². The molecule has 0 heteroatoms. The number of benzene rings is 10. The first-order valence-corrected chi connectivity index (χ1v) is 17.3. The summed E-state index contributed by atoms with van der Waals surface area (Å²) in [4.78, 5) is 0. The van der Waals surface area contributed by atoms with Gasteiger partial charge in [0, 0.05) is 0 Å². The van der Waals surface area contributed by atoms with Crippen LogP contribution in [0.2, 0.25) is 0 Å². The molecule has 232 valence electrons. The Balaban J connectivity index is 1.35. The second kappa shape index (κ2) is 11.6. The maximum absolute atomic E-state index is 2.46. The second-order valence-corrected chi connectivity index (χ2v) is 13.3. The van der Waals surface area contributed by atoms with E-state index >= 15 is 0 Å². The van der Waals surface area contributed by atoms with Crippen molar-refractivity contribution in [3.05, 3.63) is 194 Å². The minimum absolute atomic E-state index is 1.22. The van der Waals surface area contributed by atoms with Gasteiger partial charge in [0.05, 0.1) is 0 Å². The highest BCUT2D eigenvalue weighted by Crippen LogP contribution is 2.45. The summed E-state index contributed by atoms with van der Waals surface area (Å²) in [5.41, 5.74) is 9.89. The van der Waals surface area contributed by atoms with Crippen molar-refractivity contribution in [3.8, 4) is 44.5 Å². The van der Waals surface area contributed by atoms with E-state index in [0.717, 1.165) is 0 Å². The van der Waals surface area contributed by atoms with Gasteiger partial charge in [-0.05, 0) is 129 Å². The Kier molecular flexibility index (Phi) is 6.60. The second-order valence-electron chi connectivity index (χ2n) is 13.3. The molecule has 0 N–H and O–H groups in total. The zero-order valence-corrected chi connectivity index (χ0v) is 27.5. The van der Waals surface area contributed by atoms with Crippen LogP contribution in [0.5, 0.6) is 0 Å². The van der Waals surface area contributed by atoms with Crippen molar-refractivity contribution in [2.24, 2.45) is 0 Å². The highest BCUT2D eigenvalue weighted by atomic mass is 14.2. The molecule has 10 rings (SSSR count). The fraction of sp³-hybridized carbons (Fsp3) is 0. The fourth-order valence-electron chi connectivity index (χ4n) is 7.95. The summed E-state index contributed by atoms with van der Waals surface area (Å²) in [7, 11) is 0. The van der Waals surface area contributed by atoms with Crippen molar-refractivity contribution in [1.29, 1.82) is 0 Å². The van der Waals surface area contributed by atoms with Crippen molar-refractivity contribution in [2.45, 2.75) is 0 Å². The molecule has 0 aromatic heterocycles. The average Bonchev–Trinajstić information content (AvgIpc) is 3.20. The van der Waals surface area contributed by atoms with E-state index < -0.39 is 0 Å². The third-order valence-corrected chi connectivity index (χ3v) is 10.4. The summed E-state index contributed by atoms with van der Waals surface area (Å²) in [6.45, 7) is 0. The standard InChI is InChI=1S/C50H32/c1-3-12-33(13-4-1)38-24-26-43-46(29-38)45(40-23-22-35-16-7-8-18-37(35)28-40)31-48-44-27-25-39(34-14-5-2-6-15-34)30-47(44)49(32-50(43)48)42-21-11-19-36-17-9-10-20-41(36)42/h1-32H. The van der Waals surface area contributed by atoms with E-state index in [-0.39, 0.29) is 0 Å². The van der Waals surface area contributed by atoms with E-state index in [1.54, 1.807) is 0 Å². The summed E-state index contributed by atoms with van der Waals surface area (Å²) >= 11 is 0. The number of rotatable bonds is 4. The molecule has 0 radical (unpaired) electrons. The van der Waals surface area contributed by atoms with Gasteiger partial charge in [-0.2, -0.15) is 0 Å². The van der Waals surface area contributed by atoms with Crippen molar-refractivity contribution < 1.29 is 0 Å². The first kappa shape index (κ1) is 28.5. The van der Waals surface area contributed by atoms with Crippen LogP contribution in [-0.4, -0.2) is 0 Å². The van der Waals surface area contributed by atoms with Crippen LogP contribution in [-0.2, 0) is 0 Å². The van der Waals surface area contributed by atoms with E-state index in [0.29, 0.717) is 0 Å². The molecular formula is C50H32. The lowest BCUT2D eigenvalue weighted by Gasteiger charge is -2.18. The molecule has 0 aliphatic rings. The zero-order valence-electron chi connectivity index (χ0n) is 27.5. The van der Waals surface area contributed by atoms with E-state index in [1.807, 2.05) is 0 Å². The summed E-state index contributed by atoms with van der Waals surface area (Å²) < 4.78 is 0. The molecule has 0 fully saturated rings. The number of fused-ring (bicyclic) bond motifs is 7. The maximum Gasteiger partial charge on any atom is -0.00923 e. The predicted molar refractivity (Wildman–Crippen MR) is 216 cm³/mol. The summed E-state index contributed by atoms with van der Waals surface area (Å²) in [5, 5.41) is 12.6. The van der Waals surface area contributed by atoms with Crippen molar-refractivity contribution in [1.82, 2.24) is 0 Å². The van der Waals surface area contributed by atoms with E-state index in [2.05, 4.69) is 194 Å². The molecule has 50 heavy (non-hydrogen) atoms. The van der Waals surface area contributed by atoms with Gasteiger partial charge in [-0.25, -0.2) is 0 Å². The Labute approximate surface area is 291 Å². The lowest BCUT2D eigenvalue weighted by Crippen LogP contribution is -1.91. The van der Waals surface area contributed by atoms with Crippen LogP contribution in [0.25, 0.3) is 98.4 Å². The lowest BCUT2D eigenvalue weighted by molar-refractivity contribution is 1.64. The monoisotopic (exact) mass is 632 g/mol. The van der Waals surface area contributed by atoms with Crippen LogP contribution >= 0.6 is 0 Å². The van der Waals surface area contributed by atoms with Crippen LogP contribution in [0.3, 0.4) is 0 Å². The van der Waals surface area contributed by atoms with E-state index in [9.17, 15) is 0 Å². The van der Waals surface area contributed by atoms with Gasteiger partial charge in [-0.15, -0.1) is 0 Å². The normalized spacial score (nSPS) is 11.6. The Morgan fingerprint density at radius 1 is 0.180 bits per heavy atom. The molecule has 10 aromatic rings. The highest BCUT2D eigenvalue weighted by molar-refractivity contribution is 6.25. The Bertz CT molecular complexity index is 2890. The third-order valence-electron chi connectivity index (χ3n) is 10.4. The molecule has 0 nitrogen and oxygen atoms in total. The Morgan fingerprint density at radius 2 is 0.700 bits per heavy atom. The Morgan fingerprint density at radius 3 is 1.38 bits per heavy atom.